The van der Waals surface area contributed by atoms with Crippen LogP contribution < -0.4 is 5.84 Å². The van der Waals surface area contributed by atoms with Gasteiger partial charge in [0.25, 0.3) is 15.9 Å². The molecule has 2 N–H and O–H groups in total. The summed E-state index contributed by atoms with van der Waals surface area (Å²) >= 11 is 1.51. The molecule has 5 nitrogen and oxygen atoms in total. The van der Waals surface area contributed by atoms with Crippen LogP contribution in [0.2, 0.25) is 0 Å². The van der Waals surface area contributed by atoms with Gasteiger partial charge < -0.3 is 0 Å². The van der Waals surface area contributed by atoms with E-state index in [1.807, 2.05) is 6.92 Å². The molecule has 0 spiro atoms. The third-order valence-corrected chi connectivity index (χ3v) is 6.71. The zero-order chi connectivity index (χ0) is 16.6. The summed E-state index contributed by atoms with van der Waals surface area (Å²) in [5, 5.41) is 1.73. The first-order chi connectivity index (χ1) is 10.9. The maximum Gasteiger partial charge on any atom is 0.283 e. The van der Waals surface area contributed by atoms with Gasteiger partial charge in [-0.25, -0.2) is 5.84 Å². The van der Waals surface area contributed by atoms with E-state index in [1.54, 1.807) is 17.5 Å². The minimum absolute atomic E-state index is 0.0167. The van der Waals surface area contributed by atoms with Crippen LogP contribution >= 0.6 is 11.3 Å². The number of carbonyl (C=O) groups is 1. The molecule has 0 saturated carbocycles. The van der Waals surface area contributed by atoms with Crippen LogP contribution in [-0.2, 0) is 22.9 Å². The molecular weight excluding hydrogens is 332 g/mol. The third kappa shape index (κ3) is 2.91. The highest BCUT2D eigenvalue weighted by molar-refractivity contribution is 7.89. The predicted molar refractivity (Wildman–Crippen MR) is 89.7 cm³/mol. The number of nitrogens with zero attached hydrogens (tertiary/aromatic N) is 1. The lowest BCUT2D eigenvalue weighted by molar-refractivity contribution is 0.0860. The van der Waals surface area contributed by atoms with Crippen LogP contribution in [0.15, 0.2) is 34.5 Å². The normalized spacial score (nSPS) is 14.3. The molecule has 0 bridgehead atoms. The minimum atomic E-state index is -4.04. The molecule has 0 aliphatic heterocycles. The summed E-state index contributed by atoms with van der Waals surface area (Å²) in [7, 11) is -4.04. The lowest BCUT2D eigenvalue weighted by Gasteiger charge is -2.18. The number of thiophene rings is 1. The van der Waals surface area contributed by atoms with Gasteiger partial charge in [-0.2, -0.15) is 12.8 Å². The minimum Gasteiger partial charge on any atom is -0.266 e. The van der Waals surface area contributed by atoms with Crippen molar-refractivity contribution >= 4 is 27.3 Å². The Morgan fingerprint density at radius 3 is 2.52 bits per heavy atom. The van der Waals surface area contributed by atoms with Crippen LogP contribution in [0.4, 0.5) is 0 Å². The molecule has 1 aromatic carbocycles. The lowest BCUT2D eigenvalue weighted by Crippen LogP contribution is -2.42. The second kappa shape index (κ2) is 6.07. The third-order valence-electron chi connectivity index (χ3n) is 4.07. The number of hydrogen-bond acceptors (Lipinski definition) is 5. The Balaban J connectivity index is 1.93. The van der Waals surface area contributed by atoms with Crippen LogP contribution in [0.1, 0.15) is 39.2 Å². The fourth-order valence-electron chi connectivity index (χ4n) is 2.72. The molecule has 1 amide bonds. The summed E-state index contributed by atoms with van der Waals surface area (Å²) in [5.41, 5.74) is 2.31. The molecule has 0 saturated heterocycles. The molecule has 1 aliphatic carbocycles. The number of nitrogens with two attached hydrogens (primary N) is 1. The molecule has 0 unspecified atom stereocenters. The largest absolute Gasteiger partial charge is 0.283 e. The highest BCUT2D eigenvalue weighted by atomic mass is 32.2. The maximum atomic E-state index is 12.6. The lowest BCUT2D eigenvalue weighted by atomic mass is 9.96. The number of amides is 1. The average Bonchev–Trinajstić information content (AvgIpc) is 2.98. The quantitative estimate of drug-likeness (QED) is 0.524. The summed E-state index contributed by atoms with van der Waals surface area (Å²) in [6.07, 6.45) is 3.87. The van der Waals surface area contributed by atoms with E-state index < -0.39 is 15.9 Å². The van der Waals surface area contributed by atoms with E-state index in [9.17, 15) is 13.2 Å². The van der Waals surface area contributed by atoms with Crippen molar-refractivity contribution in [3.05, 3.63) is 51.2 Å². The van der Waals surface area contributed by atoms with E-state index in [1.165, 1.54) is 28.3 Å². The standard InChI is InChI=1S/C16H18N2O3S2/c1-11-6-8-12(9-7-11)23(20,21)18(17)16(19)14-10-22-15-5-3-2-4-13(14)15/h6-10H,2-5,17H2,1H3. The Kier molecular flexibility index (Phi) is 4.27. The summed E-state index contributed by atoms with van der Waals surface area (Å²) in [6.45, 7) is 1.86. The van der Waals surface area contributed by atoms with Crippen molar-refractivity contribution in [2.45, 2.75) is 37.5 Å². The van der Waals surface area contributed by atoms with Crippen molar-refractivity contribution in [2.75, 3.05) is 0 Å². The summed E-state index contributed by atoms with van der Waals surface area (Å²) in [4.78, 5) is 13.8. The number of benzene rings is 1. The summed E-state index contributed by atoms with van der Waals surface area (Å²) < 4.78 is 25.4. The first-order valence-electron chi connectivity index (χ1n) is 7.41. The molecule has 1 aliphatic rings. The number of fused-ring (bicyclic) bond motifs is 1. The van der Waals surface area contributed by atoms with Gasteiger partial charge >= 0.3 is 0 Å². The molecular formula is C16H18N2O3S2. The number of aryl methyl sites for hydroxylation is 2. The molecule has 0 atom stereocenters. The molecule has 0 fully saturated rings. The van der Waals surface area contributed by atoms with E-state index >= 15 is 0 Å². The number of carbonyl (C=O) groups excluding carboxylic acids is 1. The van der Waals surface area contributed by atoms with Gasteiger partial charge in [0.05, 0.1) is 10.5 Å². The molecule has 23 heavy (non-hydrogen) atoms. The zero-order valence-corrected chi connectivity index (χ0v) is 14.4. The van der Waals surface area contributed by atoms with Crippen molar-refractivity contribution in [2.24, 2.45) is 5.84 Å². The van der Waals surface area contributed by atoms with E-state index in [-0.39, 0.29) is 4.90 Å². The Hall–Kier alpha value is -1.70. The van der Waals surface area contributed by atoms with Gasteiger partial charge in [0.15, 0.2) is 0 Å². The van der Waals surface area contributed by atoms with Crippen LogP contribution in [0.25, 0.3) is 0 Å². The van der Waals surface area contributed by atoms with E-state index in [0.29, 0.717) is 9.98 Å². The highest BCUT2D eigenvalue weighted by Gasteiger charge is 2.30. The SMILES string of the molecule is Cc1ccc(S(=O)(=O)N(N)C(=O)c2csc3c2CCCC3)cc1. The molecule has 3 rings (SSSR count). The van der Waals surface area contributed by atoms with Gasteiger partial charge in [0.1, 0.15) is 0 Å². The summed E-state index contributed by atoms with van der Waals surface area (Å²) in [6, 6.07) is 6.27. The van der Waals surface area contributed by atoms with E-state index in [0.717, 1.165) is 36.8 Å². The van der Waals surface area contributed by atoms with Gasteiger partial charge in [-0.15, -0.1) is 11.3 Å². The van der Waals surface area contributed by atoms with Crippen LogP contribution in [-0.4, -0.2) is 18.7 Å². The highest BCUT2D eigenvalue weighted by Crippen LogP contribution is 2.31. The first kappa shape index (κ1) is 16.2. The molecule has 2 aromatic rings. The monoisotopic (exact) mass is 350 g/mol. The first-order valence-corrected chi connectivity index (χ1v) is 9.73. The topological polar surface area (TPSA) is 80.5 Å². The number of hydrogen-bond donors (Lipinski definition) is 1. The Bertz CT molecular complexity index is 839. The Morgan fingerprint density at radius 2 is 1.83 bits per heavy atom. The van der Waals surface area contributed by atoms with Crippen molar-refractivity contribution < 1.29 is 13.2 Å². The van der Waals surface area contributed by atoms with Crippen LogP contribution in [0.3, 0.4) is 0 Å². The van der Waals surface area contributed by atoms with Crippen LogP contribution in [0.5, 0.6) is 0 Å². The number of hydrazine groups is 1. The Labute approximate surface area is 139 Å². The van der Waals surface area contributed by atoms with Gasteiger partial charge in [0, 0.05) is 10.3 Å². The number of rotatable bonds is 3. The van der Waals surface area contributed by atoms with Gasteiger partial charge in [-0.3, -0.25) is 4.79 Å². The van der Waals surface area contributed by atoms with Crippen molar-refractivity contribution in [3.63, 3.8) is 0 Å². The predicted octanol–water partition coefficient (Wildman–Crippen LogP) is 2.64. The average molecular weight is 350 g/mol. The van der Waals surface area contributed by atoms with Crippen molar-refractivity contribution in [1.29, 1.82) is 0 Å². The zero-order valence-electron chi connectivity index (χ0n) is 12.8. The fraction of sp³-hybridized carbons (Fsp3) is 0.312. The molecule has 1 aromatic heterocycles. The molecule has 0 radical (unpaired) electrons. The van der Waals surface area contributed by atoms with Crippen molar-refractivity contribution in [1.82, 2.24) is 4.41 Å². The van der Waals surface area contributed by atoms with E-state index in [4.69, 9.17) is 5.84 Å². The molecule has 7 heteroatoms. The Morgan fingerprint density at radius 1 is 1.17 bits per heavy atom. The fourth-order valence-corrected chi connectivity index (χ4v) is 4.87. The second-order valence-electron chi connectivity index (χ2n) is 5.68. The second-order valence-corrected chi connectivity index (χ2v) is 8.46. The van der Waals surface area contributed by atoms with Gasteiger partial charge in [-0.05, 0) is 50.3 Å². The maximum absolute atomic E-state index is 12.6. The van der Waals surface area contributed by atoms with Crippen molar-refractivity contribution in [3.8, 4) is 0 Å². The van der Waals surface area contributed by atoms with E-state index in [2.05, 4.69) is 0 Å². The smallest absolute Gasteiger partial charge is 0.266 e. The number of sulfonamides is 1. The van der Waals surface area contributed by atoms with Gasteiger partial charge in [-0.1, -0.05) is 17.7 Å². The van der Waals surface area contributed by atoms with Crippen LogP contribution in [0, 0.1) is 6.92 Å². The van der Waals surface area contributed by atoms with Gasteiger partial charge in [0.2, 0.25) is 0 Å². The summed E-state index contributed by atoms with van der Waals surface area (Å²) in [5.74, 6) is 5.03. The molecule has 122 valence electrons. The molecule has 1 heterocycles.